The summed E-state index contributed by atoms with van der Waals surface area (Å²) in [6, 6.07) is 10.7. The first-order chi connectivity index (χ1) is 11.3. The summed E-state index contributed by atoms with van der Waals surface area (Å²) in [6.07, 6.45) is 10.7. The van der Waals surface area contributed by atoms with Crippen molar-refractivity contribution in [3.05, 3.63) is 48.5 Å². The molecule has 4 nitrogen and oxygen atoms in total. The maximum Gasteiger partial charge on any atom is 0.119 e. The van der Waals surface area contributed by atoms with Crippen molar-refractivity contribution < 1.29 is 4.74 Å². The third kappa shape index (κ3) is 4.58. The molecule has 2 aromatic rings. The number of benzene rings is 1. The zero-order chi connectivity index (χ0) is 15.9. The Balaban J connectivity index is 1.48. The average Bonchev–Trinajstić information content (AvgIpc) is 3.05. The second-order valence-electron chi connectivity index (χ2n) is 6.48. The molecule has 0 spiro atoms. The lowest BCUT2D eigenvalue weighted by molar-refractivity contribution is 0.226. The van der Waals surface area contributed by atoms with E-state index in [0.29, 0.717) is 12.6 Å². The molecule has 1 saturated carbocycles. The third-order valence-corrected chi connectivity index (χ3v) is 4.63. The number of imidazole rings is 1. The van der Waals surface area contributed by atoms with E-state index in [2.05, 4.69) is 21.5 Å². The van der Waals surface area contributed by atoms with Crippen molar-refractivity contribution in [2.75, 3.05) is 20.2 Å². The smallest absolute Gasteiger partial charge is 0.119 e. The fraction of sp³-hybridized carbons (Fsp3) is 0.526. The summed E-state index contributed by atoms with van der Waals surface area (Å²) < 4.78 is 8.17. The number of likely N-dealkylation sites (N-methyl/N-ethyl adjacent to an activating group) is 1. The summed E-state index contributed by atoms with van der Waals surface area (Å²) in [6.45, 7) is 2.54. The van der Waals surface area contributed by atoms with Crippen molar-refractivity contribution in [3.63, 3.8) is 0 Å². The number of aromatic nitrogens is 2. The first kappa shape index (κ1) is 16.1. The van der Waals surface area contributed by atoms with Crippen LogP contribution in [0, 0.1) is 0 Å². The van der Waals surface area contributed by atoms with Gasteiger partial charge in [0, 0.05) is 25.3 Å². The van der Waals surface area contributed by atoms with E-state index in [-0.39, 0.29) is 0 Å². The van der Waals surface area contributed by atoms with Gasteiger partial charge in [-0.2, -0.15) is 0 Å². The highest BCUT2D eigenvalue weighted by Crippen LogP contribution is 2.29. The lowest BCUT2D eigenvalue weighted by Gasteiger charge is -2.26. The zero-order valence-electron chi connectivity index (χ0n) is 14.0. The van der Waals surface area contributed by atoms with Gasteiger partial charge in [0.05, 0.1) is 12.0 Å². The molecule has 0 amide bonds. The second-order valence-corrected chi connectivity index (χ2v) is 6.48. The van der Waals surface area contributed by atoms with E-state index in [9.17, 15) is 0 Å². The molecule has 0 bridgehead atoms. The van der Waals surface area contributed by atoms with Crippen LogP contribution in [0.25, 0.3) is 0 Å². The minimum Gasteiger partial charge on any atom is -0.492 e. The summed E-state index contributed by atoms with van der Waals surface area (Å²) in [5, 5.41) is 0. The van der Waals surface area contributed by atoms with Crippen LogP contribution in [0.2, 0.25) is 0 Å². The van der Waals surface area contributed by atoms with Crippen LogP contribution >= 0.6 is 0 Å². The molecular formula is C19H27N3O. The summed E-state index contributed by atoms with van der Waals surface area (Å²) >= 11 is 0. The minimum atomic E-state index is 0.648. The Kier molecular flexibility index (Phi) is 5.70. The minimum absolute atomic E-state index is 0.648. The predicted molar refractivity (Wildman–Crippen MR) is 92.6 cm³/mol. The number of para-hydroxylation sites is 1. The van der Waals surface area contributed by atoms with E-state index in [1.807, 2.05) is 42.9 Å². The van der Waals surface area contributed by atoms with Crippen molar-refractivity contribution >= 4 is 0 Å². The van der Waals surface area contributed by atoms with E-state index in [1.54, 1.807) is 0 Å². The molecule has 3 rings (SSSR count). The van der Waals surface area contributed by atoms with Gasteiger partial charge in [0.25, 0.3) is 0 Å². The fourth-order valence-corrected chi connectivity index (χ4v) is 3.33. The highest BCUT2D eigenvalue weighted by atomic mass is 16.5. The van der Waals surface area contributed by atoms with E-state index < -0.39 is 0 Å². The maximum absolute atomic E-state index is 5.78. The van der Waals surface area contributed by atoms with Gasteiger partial charge in [-0.05, 0) is 32.0 Å². The Bertz CT molecular complexity index is 575. The van der Waals surface area contributed by atoms with Gasteiger partial charge in [-0.3, -0.25) is 4.90 Å². The van der Waals surface area contributed by atoms with Gasteiger partial charge in [0.15, 0.2) is 0 Å². The van der Waals surface area contributed by atoms with Crippen LogP contribution in [0.3, 0.4) is 0 Å². The number of nitrogens with zero attached hydrogens (tertiary/aromatic N) is 3. The number of hydrogen-bond acceptors (Lipinski definition) is 3. The number of ether oxygens (including phenoxy) is 1. The molecule has 1 aromatic heterocycles. The second kappa shape index (κ2) is 8.16. The normalized spacial score (nSPS) is 15.9. The molecule has 1 aliphatic carbocycles. The van der Waals surface area contributed by atoms with Gasteiger partial charge in [-0.1, -0.05) is 37.5 Å². The van der Waals surface area contributed by atoms with Gasteiger partial charge >= 0.3 is 0 Å². The molecule has 4 heteroatoms. The lowest BCUT2D eigenvalue weighted by Crippen LogP contribution is -2.26. The van der Waals surface area contributed by atoms with Crippen LogP contribution in [-0.4, -0.2) is 34.7 Å². The summed E-state index contributed by atoms with van der Waals surface area (Å²) in [5.74, 6) is 0.938. The third-order valence-electron chi connectivity index (χ3n) is 4.63. The standard InChI is InChI=1S/C19H27N3O/c1-21(12-13-23-19-10-6-3-7-11-19)15-18-14-20-16-22(18)17-8-4-2-5-9-17/h3,6-7,10-11,14,16-17H,2,4-5,8-9,12-13,15H2,1H3. The lowest BCUT2D eigenvalue weighted by atomic mass is 9.95. The van der Waals surface area contributed by atoms with Gasteiger partial charge in [-0.25, -0.2) is 4.98 Å². The summed E-state index contributed by atoms with van der Waals surface area (Å²) in [5.41, 5.74) is 1.32. The summed E-state index contributed by atoms with van der Waals surface area (Å²) in [7, 11) is 2.15. The van der Waals surface area contributed by atoms with E-state index in [4.69, 9.17) is 4.74 Å². The Morgan fingerprint density at radius 2 is 1.96 bits per heavy atom. The monoisotopic (exact) mass is 313 g/mol. The van der Waals surface area contributed by atoms with Crippen LogP contribution in [0.5, 0.6) is 5.75 Å². The van der Waals surface area contributed by atoms with Gasteiger partial charge < -0.3 is 9.30 Å². The van der Waals surface area contributed by atoms with Crippen LogP contribution in [-0.2, 0) is 6.54 Å². The Morgan fingerprint density at radius 3 is 2.74 bits per heavy atom. The van der Waals surface area contributed by atoms with Crippen molar-refractivity contribution in [3.8, 4) is 5.75 Å². The van der Waals surface area contributed by atoms with Crippen molar-refractivity contribution in [2.45, 2.75) is 44.7 Å². The van der Waals surface area contributed by atoms with E-state index in [1.165, 1.54) is 37.8 Å². The molecule has 23 heavy (non-hydrogen) atoms. The maximum atomic E-state index is 5.78. The highest BCUT2D eigenvalue weighted by molar-refractivity contribution is 5.20. The molecule has 0 unspecified atom stereocenters. The van der Waals surface area contributed by atoms with Crippen LogP contribution in [0.4, 0.5) is 0 Å². The van der Waals surface area contributed by atoms with Crippen LogP contribution < -0.4 is 4.74 Å². The number of hydrogen-bond donors (Lipinski definition) is 0. The molecule has 0 atom stereocenters. The molecule has 0 radical (unpaired) electrons. The highest BCUT2D eigenvalue weighted by Gasteiger charge is 2.18. The number of rotatable bonds is 7. The zero-order valence-corrected chi connectivity index (χ0v) is 14.0. The first-order valence-electron chi connectivity index (χ1n) is 8.70. The largest absolute Gasteiger partial charge is 0.492 e. The molecule has 124 valence electrons. The van der Waals surface area contributed by atoms with Gasteiger partial charge in [0.1, 0.15) is 12.4 Å². The first-order valence-corrected chi connectivity index (χ1v) is 8.70. The van der Waals surface area contributed by atoms with Crippen molar-refractivity contribution in [1.29, 1.82) is 0 Å². The predicted octanol–water partition coefficient (Wildman–Crippen LogP) is 3.90. The van der Waals surface area contributed by atoms with Gasteiger partial charge in [-0.15, -0.1) is 0 Å². The molecule has 0 saturated heterocycles. The topological polar surface area (TPSA) is 30.3 Å². The quantitative estimate of drug-likeness (QED) is 0.776. The Morgan fingerprint density at radius 1 is 1.17 bits per heavy atom. The van der Waals surface area contributed by atoms with E-state index >= 15 is 0 Å². The molecular weight excluding hydrogens is 286 g/mol. The van der Waals surface area contributed by atoms with Crippen molar-refractivity contribution in [2.24, 2.45) is 0 Å². The molecule has 1 fully saturated rings. The molecule has 1 aliphatic rings. The average molecular weight is 313 g/mol. The van der Waals surface area contributed by atoms with Gasteiger partial charge in [0.2, 0.25) is 0 Å². The molecule has 1 aromatic carbocycles. The van der Waals surface area contributed by atoms with Crippen molar-refractivity contribution in [1.82, 2.24) is 14.5 Å². The molecule has 0 aliphatic heterocycles. The SMILES string of the molecule is CN(CCOc1ccccc1)Cc1cncn1C1CCCCC1. The fourth-order valence-electron chi connectivity index (χ4n) is 3.33. The molecule has 0 N–H and O–H groups in total. The van der Waals surface area contributed by atoms with Crippen LogP contribution in [0.15, 0.2) is 42.9 Å². The Labute approximate surface area is 139 Å². The molecule has 1 heterocycles. The van der Waals surface area contributed by atoms with E-state index in [0.717, 1.165) is 18.8 Å². The summed E-state index contributed by atoms with van der Waals surface area (Å²) in [4.78, 5) is 6.69. The van der Waals surface area contributed by atoms with Crippen LogP contribution in [0.1, 0.15) is 43.8 Å². The Hall–Kier alpha value is -1.81.